The topological polar surface area (TPSA) is 42.5 Å². The summed E-state index contributed by atoms with van der Waals surface area (Å²) < 4.78 is 10.8. The van der Waals surface area contributed by atoms with Gasteiger partial charge in [0.1, 0.15) is 0 Å². The van der Waals surface area contributed by atoms with E-state index < -0.39 is 0 Å². The van der Waals surface area contributed by atoms with E-state index in [9.17, 15) is 0 Å². The van der Waals surface area contributed by atoms with Gasteiger partial charge < -0.3 is 20.1 Å². The second kappa shape index (κ2) is 7.19. The molecule has 4 nitrogen and oxygen atoms in total. The Morgan fingerprint density at radius 2 is 2.11 bits per heavy atom. The van der Waals surface area contributed by atoms with Crippen LogP contribution in [0.2, 0.25) is 0 Å². The molecule has 0 radical (unpaired) electrons. The molecule has 1 aromatic carbocycles. The monoisotopic (exact) mass is 280 g/mol. The molecule has 0 saturated heterocycles. The number of thiocarbonyl (C=S) groups is 1. The first-order valence-corrected chi connectivity index (χ1v) is 7.11. The van der Waals surface area contributed by atoms with Gasteiger partial charge in [0, 0.05) is 13.1 Å². The van der Waals surface area contributed by atoms with Crippen molar-refractivity contribution in [1.29, 1.82) is 0 Å². The van der Waals surface area contributed by atoms with Crippen LogP contribution < -0.4 is 20.1 Å². The van der Waals surface area contributed by atoms with E-state index in [1.165, 1.54) is 6.42 Å². The molecule has 1 aromatic rings. The summed E-state index contributed by atoms with van der Waals surface area (Å²) in [5, 5.41) is 7.11. The number of para-hydroxylation sites is 1. The summed E-state index contributed by atoms with van der Waals surface area (Å²) in [5.41, 5.74) is 1.15. The van der Waals surface area contributed by atoms with Crippen molar-refractivity contribution in [2.75, 3.05) is 19.9 Å². The number of benzene rings is 1. The Hall–Kier alpha value is -1.49. The largest absolute Gasteiger partial charge is 0.454 e. The van der Waals surface area contributed by atoms with E-state index in [0.717, 1.165) is 48.1 Å². The summed E-state index contributed by atoms with van der Waals surface area (Å²) >= 11 is 5.20. The van der Waals surface area contributed by atoms with Crippen LogP contribution in [0.3, 0.4) is 0 Å². The third kappa shape index (κ3) is 3.99. The Labute approximate surface area is 119 Å². The Balaban J connectivity index is 1.74. The van der Waals surface area contributed by atoms with Crippen LogP contribution in [-0.4, -0.2) is 25.0 Å². The average Bonchev–Trinajstić information content (AvgIpc) is 2.88. The van der Waals surface area contributed by atoms with Crippen molar-refractivity contribution in [3.05, 3.63) is 23.8 Å². The van der Waals surface area contributed by atoms with Crippen molar-refractivity contribution >= 4 is 17.3 Å². The van der Waals surface area contributed by atoms with E-state index in [-0.39, 0.29) is 0 Å². The molecule has 0 bridgehead atoms. The van der Waals surface area contributed by atoms with Gasteiger partial charge in [-0.25, -0.2) is 0 Å². The summed E-state index contributed by atoms with van der Waals surface area (Å²) in [5.74, 6) is 1.70. The summed E-state index contributed by atoms with van der Waals surface area (Å²) in [6.07, 6.45) is 3.17. The summed E-state index contributed by atoms with van der Waals surface area (Å²) in [6.45, 7) is 4.20. The average molecular weight is 280 g/mol. The maximum Gasteiger partial charge on any atom is 0.231 e. The van der Waals surface area contributed by atoms with Crippen LogP contribution >= 0.6 is 12.2 Å². The van der Waals surface area contributed by atoms with E-state index in [1.54, 1.807) is 0 Å². The first kappa shape index (κ1) is 13.9. The predicted octanol–water partition coefficient (Wildman–Crippen LogP) is 2.22. The minimum atomic E-state index is 0.316. The number of unbranched alkanes of at least 4 members (excludes halogenated alkanes) is 1. The van der Waals surface area contributed by atoms with Crippen molar-refractivity contribution < 1.29 is 9.47 Å². The summed E-state index contributed by atoms with van der Waals surface area (Å²) in [6, 6.07) is 5.97. The number of ether oxygens (including phenoxy) is 2. The van der Waals surface area contributed by atoms with E-state index in [0.29, 0.717) is 6.79 Å². The number of nitrogens with one attached hydrogen (secondary N) is 2. The van der Waals surface area contributed by atoms with Crippen molar-refractivity contribution in [2.45, 2.75) is 26.2 Å². The maximum atomic E-state index is 5.47. The van der Waals surface area contributed by atoms with Crippen molar-refractivity contribution in [1.82, 2.24) is 10.6 Å². The Bertz CT molecular complexity index is 437. The molecule has 0 fully saturated rings. The second-order valence-electron chi connectivity index (χ2n) is 4.44. The fraction of sp³-hybridized carbons (Fsp3) is 0.500. The van der Waals surface area contributed by atoms with Gasteiger partial charge in [0.2, 0.25) is 6.79 Å². The van der Waals surface area contributed by atoms with Crippen LogP contribution in [0, 0.1) is 0 Å². The number of rotatable bonds is 6. The molecule has 0 amide bonds. The second-order valence-corrected chi connectivity index (χ2v) is 4.85. The zero-order chi connectivity index (χ0) is 13.5. The highest BCUT2D eigenvalue weighted by Crippen LogP contribution is 2.35. The van der Waals surface area contributed by atoms with Gasteiger partial charge in [-0.3, -0.25) is 0 Å². The molecule has 5 heteroatoms. The highest BCUT2D eigenvalue weighted by atomic mass is 32.1. The van der Waals surface area contributed by atoms with Gasteiger partial charge in [-0.15, -0.1) is 0 Å². The van der Waals surface area contributed by atoms with Gasteiger partial charge in [-0.1, -0.05) is 25.5 Å². The Morgan fingerprint density at radius 3 is 2.95 bits per heavy atom. The molecular formula is C14H20N2O2S. The van der Waals surface area contributed by atoms with Crippen LogP contribution in [0.25, 0.3) is 0 Å². The molecule has 1 heterocycles. The zero-order valence-electron chi connectivity index (χ0n) is 11.2. The first-order chi connectivity index (χ1) is 9.31. The van der Waals surface area contributed by atoms with Gasteiger partial charge in [0.05, 0.1) is 0 Å². The highest BCUT2D eigenvalue weighted by molar-refractivity contribution is 7.80. The van der Waals surface area contributed by atoms with Crippen molar-refractivity contribution in [3.8, 4) is 11.5 Å². The first-order valence-electron chi connectivity index (χ1n) is 6.70. The lowest BCUT2D eigenvalue weighted by Gasteiger charge is -2.10. The lowest BCUT2D eigenvalue weighted by molar-refractivity contribution is 0.173. The number of hydrogen-bond acceptors (Lipinski definition) is 3. The van der Waals surface area contributed by atoms with Gasteiger partial charge in [0.15, 0.2) is 16.6 Å². The molecule has 1 aliphatic heterocycles. The standard InChI is InChI=1S/C14H20N2O2S/c1-2-3-8-15-14(19)16-9-7-11-5-4-6-12-13(11)18-10-17-12/h4-6H,2-3,7-10H2,1H3,(H2,15,16,19). The van der Waals surface area contributed by atoms with Crippen LogP contribution in [0.1, 0.15) is 25.3 Å². The predicted molar refractivity (Wildman–Crippen MR) is 79.8 cm³/mol. The van der Waals surface area contributed by atoms with Crippen LogP contribution in [-0.2, 0) is 6.42 Å². The quantitative estimate of drug-likeness (QED) is 0.618. The summed E-state index contributed by atoms with van der Waals surface area (Å²) in [7, 11) is 0. The van der Waals surface area contributed by atoms with Crippen molar-refractivity contribution in [3.63, 3.8) is 0 Å². The smallest absolute Gasteiger partial charge is 0.231 e. The highest BCUT2D eigenvalue weighted by Gasteiger charge is 2.16. The molecule has 2 N–H and O–H groups in total. The molecule has 0 aromatic heterocycles. The van der Waals surface area contributed by atoms with Gasteiger partial charge in [0.25, 0.3) is 0 Å². The van der Waals surface area contributed by atoms with E-state index in [1.807, 2.05) is 12.1 Å². The summed E-state index contributed by atoms with van der Waals surface area (Å²) in [4.78, 5) is 0. The molecule has 104 valence electrons. The molecule has 2 rings (SSSR count). The molecule has 1 aliphatic rings. The minimum absolute atomic E-state index is 0.316. The van der Waals surface area contributed by atoms with Gasteiger partial charge >= 0.3 is 0 Å². The van der Waals surface area contributed by atoms with E-state index >= 15 is 0 Å². The van der Waals surface area contributed by atoms with Crippen LogP contribution in [0.5, 0.6) is 11.5 Å². The third-order valence-corrected chi connectivity index (χ3v) is 3.26. The van der Waals surface area contributed by atoms with Crippen molar-refractivity contribution in [2.24, 2.45) is 0 Å². The molecule has 19 heavy (non-hydrogen) atoms. The lowest BCUT2D eigenvalue weighted by Crippen LogP contribution is -2.36. The fourth-order valence-electron chi connectivity index (χ4n) is 1.94. The van der Waals surface area contributed by atoms with E-state index in [4.69, 9.17) is 21.7 Å². The minimum Gasteiger partial charge on any atom is -0.454 e. The molecule has 0 spiro atoms. The number of hydrogen-bond donors (Lipinski definition) is 2. The Kier molecular flexibility index (Phi) is 5.27. The third-order valence-electron chi connectivity index (χ3n) is 2.97. The molecule has 0 saturated carbocycles. The molecule has 0 unspecified atom stereocenters. The van der Waals surface area contributed by atoms with Crippen LogP contribution in [0.4, 0.5) is 0 Å². The Morgan fingerprint density at radius 1 is 1.26 bits per heavy atom. The molecular weight excluding hydrogens is 260 g/mol. The lowest BCUT2D eigenvalue weighted by atomic mass is 10.1. The fourth-order valence-corrected chi connectivity index (χ4v) is 2.14. The van der Waals surface area contributed by atoms with Crippen LogP contribution in [0.15, 0.2) is 18.2 Å². The van der Waals surface area contributed by atoms with Gasteiger partial charge in [-0.05, 0) is 36.7 Å². The normalized spacial score (nSPS) is 12.3. The van der Waals surface area contributed by atoms with E-state index in [2.05, 4.69) is 23.6 Å². The zero-order valence-corrected chi connectivity index (χ0v) is 12.0. The molecule has 0 aliphatic carbocycles. The maximum absolute atomic E-state index is 5.47. The van der Waals surface area contributed by atoms with Gasteiger partial charge in [-0.2, -0.15) is 0 Å². The number of fused-ring (bicyclic) bond motifs is 1. The SMILES string of the molecule is CCCCNC(=S)NCCc1cccc2c1OCO2. The molecule has 0 atom stereocenters.